The van der Waals surface area contributed by atoms with Gasteiger partial charge in [-0.1, -0.05) is 25.1 Å². The molecule has 3 aromatic rings. The fourth-order valence-corrected chi connectivity index (χ4v) is 5.05. The monoisotopic (exact) mass is 536 g/mol. The molecular weight excluding hydrogens is 512 g/mol. The van der Waals surface area contributed by atoms with Crippen molar-refractivity contribution < 1.29 is 35.5 Å². The second-order valence-electron chi connectivity index (χ2n) is 8.75. The third-order valence-corrected chi connectivity index (χ3v) is 7.36. The number of sulfonamides is 1. The minimum absolute atomic E-state index is 0.0182. The number of rotatable bonds is 6. The van der Waals surface area contributed by atoms with E-state index >= 15 is 0 Å². The topological polar surface area (TPSA) is 75.7 Å². The number of nitrogens with zero attached hydrogens (tertiary/aromatic N) is 1. The van der Waals surface area contributed by atoms with Crippen molar-refractivity contribution in [2.45, 2.75) is 50.5 Å². The number of halogens is 4. The SMILES string of the molecule is CCC1Oc2ccc(NS(=O)(=O)c3ccc(C)c(F)c3)cc2CN(Cc2cccc(C(F)(F)F)c2)C1=O. The first-order valence-corrected chi connectivity index (χ1v) is 12.9. The molecule has 0 aliphatic carbocycles. The molecule has 1 N–H and O–H groups in total. The minimum atomic E-state index is -4.52. The molecule has 1 heterocycles. The van der Waals surface area contributed by atoms with Crippen LogP contribution in [-0.2, 0) is 34.1 Å². The summed E-state index contributed by atoms with van der Waals surface area (Å²) in [4.78, 5) is 14.2. The third kappa shape index (κ3) is 5.87. The molecular formula is C26H24F4N2O4S. The Bertz CT molecular complexity index is 1440. The highest BCUT2D eigenvalue weighted by Crippen LogP contribution is 2.33. The van der Waals surface area contributed by atoms with Crippen LogP contribution in [0.5, 0.6) is 5.75 Å². The van der Waals surface area contributed by atoms with Crippen molar-refractivity contribution in [3.05, 3.63) is 88.7 Å². The number of alkyl halides is 3. The van der Waals surface area contributed by atoms with Gasteiger partial charge in [0.15, 0.2) is 6.10 Å². The molecule has 0 saturated carbocycles. The number of carbonyl (C=O) groups is 1. The van der Waals surface area contributed by atoms with E-state index in [0.29, 0.717) is 28.9 Å². The molecule has 1 atom stereocenters. The van der Waals surface area contributed by atoms with E-state index in [2.05, 4.69) is 4.72 Å². The smallest absolute Gasteiger partial charge is 0.416 e. The molecule has 11 heteroatoms. The maximum Gasteiger partial charge on any atom is 0.416 e. The van der Waals surface area contributed by atoms with E-state index in [9.17, 15) is 30.8 Å². The number of fused-ring (bicyclic) bond motifs is 1. The standard InChI is InChI=1S/C26H24F4N2O4S/c1-3-23-25(33)32(14-17-5-4-6-19(11-17)26(28,29)30)15-18-12-20(8-10-24(18)36-23)31-37(34,35)21-9-7-16(2)22(27)13-21/h4-13,23,31H,3,14-15H2,1-2H3. The summed E-state index contributed by atoms with van der Waals surface area (Å²) in [5, 5.41) is 0. The number of carbonyl (C=O) groups excluding carboxylic acids is 1. The number of hydrogen-bond donors (Lipinski definition) is 1. The Morgan fingerprint density at radius 2 is 1.84 bits per heavy atom. The Kier molecular flexibility index (Phi) is 7.18. The van der Waals surface area contributed by atoms with Crippen LogP contribution in [-0.4, -0.2) is 25.3 Å². The second kappa shape index (κ2) is 10.0. The molecule has 0 spiro atoms. The molecule has 37 heavy (non-hydrogen) atoms. The van der Waals surface area contributed by atoms with Gasteiger partial charge in [-0.15, -0.1) is 0 Å². The van der Waals surface area contributed by atoms with E-state index < -0.39 is 39.6 Å². The molecule has 0 saturated heterocycles. The highest BCUT2D eigenvalue weighted by molar-refractivity contribution is 7.92. The first kappa shape index (κ1) is 26.5. The Morgan fingerprint density at radius 1 is 1.08 bits per heavy atom. The van der Waals surface area contributed by atoms with E-state index in [0.717, 1.165) is 18.2 Å². The molecule has 0 fully saturated rings. The van der Waals surface area contributed by atoms with Gasteiger partial charge in [0.25, 0.3) is 15.9 Å². The van der Waals surface area contributed by atoms with Crippen LogP contribution < -0.4 is 9.46 Å². The van der Waals surface area contributed by atoms with Gasteiger partial charge in [0.05, 0.1) is 10.5 Å². The highest BCUT2D eigenvalue weighted by Gasteiger charge is 2.32. The molecule has 1 aliphatic heterocycles. The van der Waals surface area contributed by atoms with Crippen LogP contribution >= 0.6 is 0 Å². The Morgan fingerprint density at radius 3 is 2.51 bits per heavy atom. The summed E-state index contributed by atoms with van der Waals surface area (Å²) in [5.41, 5.74) is 0.397. The molecule has 1 unspecified atom stereocenters. The van der Waals surface area contributed by atoms with Crippen molar-refractivity contribution in [2.75, 3.05) is 4.72 Å². The molecule has 0 aromatic heterocycles. The fourth-order valence-electron chi connectivity index (χ4n) is 3.99. The summed E-state index contributed by atoms with van der Waals surface area (Å²) >= 11 is 0. The largest absolute Gasteiger partial charge is 0.480 e. The van der Waals surface area contributed by atoms with Gasteiger partial charge in [-0.2, -0.15) is 13.2 Å². The zero-order valence-corrected chi connectivity index (χ0v) is 20.8. The van der Waals surface area contributed by atoms with Gasteiger partial charge in [0, 0.05) is 24.3 Å². The first-order chi connectivity index (χ1) is 17.4. The first-order valence-electron chi connectivity index (χ1n) is 11.4. The average molecular weight is 537 g/mol. The average Bonchev–Trinajstić information content (AvgIpc) is 2.96. The lowest BCUT2D eigenvalue weighted by atomic mass is 10.1. The number of benzene rings is 3. The van der Waals surface area contributed by atoms with Gasteiger partial charge in [-0.05, 0) is 66.9 Å². The lowest BCUT2D eigenvalue weighted by molar-refractivity contribution is -0.139. The van der Waals surface area contributed by atoms with Crippen LogP contribution in [0.25, 0.3) is 0 Å². The Balaban J connectivity index is 1.63. The summed E-state index contributed by atoms with van der Waals surface area (Å²) in [6.07, 6.45) is -5.05. The number of aryl methyl sites for hydroxylation is 1. The van der Waals surface area contributed by atoms with Crippen molar-refractivity contribution >= 4 is 21.6 Å². The van der Waals surface area contributed by atoms with Gasteiger partial charge in [0.2, 0.25) is 0 Å². The van der Waals surface area contributed by atoms with Crippen molar-refractivity contribution in [1.82, 2.24) is 4.90 Å². The lowest BCUT2D eigenvalue weighted by Crippen LogP contribution is -2.38. The van der Waals surface area contributed by atoms with E-state index in [1.54, 1.807) is 6.92 Å². The van der Waals surface area contributed by atoms with Crippen LogP contribution in [0.3, 0.4) is 0 Å². The summed E-state index contributed by atoms with van der Waals surface area (Å²) < 4.78 is 87.3. The quantitative estimate of drug-likeness (QED) is 0.413. The fraction of sp³-hybridized carbons (Fsp3) is 0.269. The van der Waals surface area contributed by atoms with Crippen LogP contribution in [0.4, 0.5) is 23.2 Å². The summed E-state index contributed by atoms with van der Waals surface area (Å²) in [6, 6.07) is 12.8. The number of anilines is 1. The van der Waals surface area contributed by atoms with E-state index in [-0.39, 0.29) is 23.7 Å². The van der Waals surface area contributed by atoms with Crippen LogP contribution in [0.15, 0.2) is 65.6 Å². The number of amides is 1. The number of nitrogens with one attached hydrogen (secondary N) is 1. The van der Waals surface area contributed by atoms with Crippen LogP contribution in [0.2, 0.25) is 0 Å². The second-order valence-corrected chi connectivity index (χ2v) is 10.4. The molecule has 1 aliphatic rings. The van der Waals surface area contributed by atoms with Gasteiger partial charge in [0.1, 0.15) is 11.6 Å². The van der Waals surface area contributed by atoms with Crippen molar-refractivity contribution in [1.29, 1.82) is 0 Å². The molecule has 3 aromatic carbocycles. The number of ether oxygens (including phenoxy) is 1. The minimum Gasteiger partial charge on any atom is -0.480 e. The normalized spacial score (nSPS) is 16.1. The van der Waals surface area contributed by atoms with E-state index in [4.69, 9.17) is 4.74 Å². The molecule has 0 radical (unpaired) electrons. The van der Waals surface area contributed by atoms with Crippen molar-refractivity contribution in [3.8, 4) is 5.75 Å². The predicted octanol–water partition coefficient (Wildman–Crippen LogP) is 5.65. The van der Waals surface area contributed by atoms with E-state index in [1.807, 2.05) is 0 Å². The van der Waals surface area contributed by atoms with Gasteiger partial charge in [-0.25, -0.2) is 12.8 Å². The Labute approximate surface area is 211 Å². The lowest BCUT2D eigenvalue weighted by Gasteiger charge is -2.23. The van der Waals surface area contributed by atoms with Crippen LogP contribution in [0.1, 0.15) is 35.6 Å². The van der Waals surface area contributed by atoms with E-state index in [1.165, 1.54) is 54.3 Å². The van der Waals surface area contributed by atoms with Crippen molar-refractivity contribution in [3.63, 3.8) is 0 Å². The summed E-state index contributed by atoms with van der Waals surface area (Å²) in [6.45, 7) is 3.15. The van der Waals surface area contributed by atoms with Gasteiger partial charge in [-0.3, -0.25) is 9.52 Å². The Hall–Kier alpha value is -3.60. The molecule has 196 valence electrons. The molecule has 0 bridgehead atoms. The third-order valence-electron chi connectivity index (χ3n) is 5.98. The zero-order chi connectivity index (χ0) is 27.0. The zero-order valence-electron chi connectivity index (χ0n) is 20.0. The molecule has 1 amide bonds. The van der Waals surface area contributed by atoms with Crippen LogP contribution in [0, 0.1) is 12.7 Å². The maximum absolute atomic E-state index is 13.9. The van der Waals surface area contributed by atoms with Crippen molar-refractivity contribution in [2.24, 2.45) is 0 Å². The maximum atomic E-state index is 13.9. The highest BCUT2D eigenvalue weighted by atomic mass is 32.2. The predicted molar refractivity (Wildman–Crippen MR) is 129 cm³/mol. The molecule has 6 nitrogen and oxygen atoms in total. The number of hydrogen-bond acceptors (Lipinski definition) is 4. The van der Waals surface area contributed by atoms with Gasteiger partial charge >= 0.3 is 6.18 Å². The van der Waals surface area contributed by atoms with Gasteiger partial charge < -0.3 is 9.64 Å². The summed E-state index contributed by atoms with van der Waals surface area (Å²) in [5.74, 6) is -0.697. The molecule has 4 rings (SSSR count). The summed E-state index contributed by atoms with van der Waals surface area (Å²) in [7, 11) is -4.11.